The van der Waals surface area contributed by atoms with Gasteiger partial charge in [0.2, 0.25) is 0 Å². The number of halogens is 2. The number of hydrazine groups is 1. The fourth-order valence-corrected chi connectivity index (χ4v) is 3.46. The lowest BCUT2D eigenvalue weighted by molar-refractivity contribution is 0.249. The van der Waals surface area contributed by atoms with E-state index in [1.54, 1.807) is 19.0 Å². The lowest BCUT2D eigenvalue weighted by Gasteiger charge is -2.27. The molecule has 2 heterocycles. The van der Waals surface area contributed by atoms with Crippen molar-refractivity contribution in [3.63, 3.8) is 0 Å². The summed E-state index contributed by atoms with van der Waals surface area (Å²) in [4.78, 5) is 21.1. The zero-order chi connectivity index (χ0) is 23.1. The summed E-state index contributed by atoms with van der Waals surface area (Å²) in [6.45, 7) is 6.03. The maximum absolute atomic E-state index is 12.6. The second-order valence-corrected chi connectivity index (χ2v) is 7.89. The highest BCUT2D eigenvalue weighted by Gasteiger charge is 2.20. The van der Waals surface area contributed by atoms with Crippen LogP contribution >= 0.6 is 23.2 Å². The Balaban J connectivity index is 2.37. The lowest BCUT2D eigenvalue weighted by Crippen LogP contribution is -2.46. The van der Waals surface area contributed by atoms with Crippen LogP contribution in [-0.4, -0.2) is 47.0 Å². The summed E-state index contributed by atoms with van der Waals surface area (Å²) in [6.07, 6.45) is 0.409. The summed E-state index contributed by atoms with van der Waals surface area (Å²) in [5.41, 5.74) is 5.17. The van der Waals surface area contributed by atoms with Gasteiger partial charge in [-0.05, 0) is 43.0 Å². The molecule has 0 spiro atoms. The van der Waals surface area contributed by atoms with Gasteiger partial charge in [-0.25, -0.2) is 20.2 Å². The van der Waals surface area contributed by atoms with Gasteiger partial charge in [-0.1, -0.05) is 37.0 Å². The first-order chi connectivity index (χ1) is 14.7. The van der Waals surface area contributed by atoms with Crippen molar-refractivity contribution in [2.24, 2.45) is 0 Å². The lowest BCUT2D eigenvalue weighted by atomic mass is 9.95. The van der Waals surface area contributed by atoms with Gasteiger partial charge in [-0.2, -0.15) is 0 Å². The number of carbonyl (C=O) groups excluding carboxylic acids is 1. The van der Waals surface area contributed by atoms with E-state index in [2.05, 4.69) is 26.0 Å². The molecule has 0 saturated heterocycles. The van der Waals surface area contributed by atoms with Crippen LogP contribution < -0.4 is 21.1 Å². The number of hydrogen-bond donors (Lipinski definition) is 5. The molecule has 168 valence electrons. The molecule has 0 saturated carbocycles. The first kappa shape index (κ1) is 24.6. The molecule has 31 heavy (non-hydrogen) atoms. The summed E-state index contributed by atoms with van der Waals surface area (Å²) in [6, 6.07) is 4.25. The molecular weight excluding hydrogens is 441 g/mol. The smallest absolute Gasteiger partial charge is 0.338 e. The molecule has 0 aliphatic carbocycles. The van der Waals surface area contributed by atoms with Crippen LogP contribution in [0.4, 0.5) is 22.1 Å². The third-order valence-electron chi connectivity index (χ3n) is 4.34. The normalized spacial score (nSPS) is 10.7. The quantitative estimate of drug-likeness (QED) is 0.213. The molecule has 0 bridgehead atoms. The Labute approximate surface area is 191 Å². The predicted molar refractivity (Wildman–Crippen MR) is 126 cm³/mol. The Kier molecular flexibility index (Phi) is 8.85. The molecule has 0 unspecified atom stereocenters. The molecule has 0 aromatic carbocycles. The van der Waals surface area contributed by atoms with Gasteiger partial charge in [0.1, 0.15) is 21.9 Å². The van der Waals surface area contributed by atoms with Gasteiger partial charge in [-0.3, -0.25) is 5.01 Å². The second kappa shape index (κ2) is 11.1. The largest absolute Gasteiger partial charge is 0.396 e. The Morgan fingerprint density at radius 3 is 2.39 bits per heavy atom. The Bertz CT molecular complexity index is 933. The number of aromatic nitrogens is 2. The Hall–Kier alpha value is -2.62. The number of pyridine rings is 2. The molecule has 0 atom stereocenters. The van der Waals surface area contributed by atoms with Crippen molar-refractivity contribution in [3.8, 4) is 0 Å². The molecule has 0 aliphatic rings. The van der Waals surface area contributed by atoms with Crippen LogP contribution in [0.5, 0.6) is 0 Å². The number of carbonyl (C=O) groups is 1. The SMILES string of the molecule is CNc1nc(N(CCCO)NC(=O)Nc2cc(Cl)nc(Cl)c2)cc(C(C)C)c1C(C)=N. The molecule has 11 heteroatoms. The first-order valence-electron chi connectivity index (χ1n) is 9.73. The predicted octanol–water partition coefficient (Wildman–Crippen LogP) is 4.26. The van der Waals surface area contributed by atoms with E-state index in [9.17, 15) is 9.90 Å². The van der Waals surface area contributed by atoms with E-state index in [1.165, 1.54) is 12.1 Å². The van der Waals surface area contributed by atoms with Gasteiger partial charge in [-0.15, -0.1) is 0 Å². The number of nitrogens with one attached hydrogen (secondary N) is 4. The summed E-state index contributed by atoms with van der Waals surface area (Å²) in [5.74, 6) is 1.14. The molecule has 9 nitrogen and oxygen atoms in total. The third kappa shape index (κ3) is 6.68. The van der Waals surface area contributed by atoms with Crippen molar-refractivity contribution in [1.82, 2.24) is 15.4 Å². The molecule has 0 radical (unpaired) electrons. The minimum absolute atomic E-state index is 0.0526. The van der Waals surface area contributed by atoms with Crippen molar-refractivity contribution >= 4 is 52.3 Å². The van der Waals surface area contributed by atoms with Crippen molar-refractivity contribution in [2.75, 3.05) is 35.8 Å². The number of rotatable bonds is 9. The highest BCUT2D eigenvalue weighted by Crippen LogP contribution is 2.29. The van der Waals surface area contributed by atoms with E-state index < -0.39 is 6.03 Å². The van der Waals surface area contributed by atoms with E-state index in [4.69, 9.17) is 28.6 Å². The molecule has 2 aromatic heterocycles. The molecule has 2 aromatic rings. The topological polar surface area (TPSA) is 126 Å². The van der Waals surface area contributed by atoms with Gasteiger partial charge in [0.15, 0.2) is 0 Å². The van der Waals surface area contributed by atoms with Crippen molar-refractivity contribution in [3.05, 3.63) is 39.6 Å². The van der Waals surface area contributed by atoms with Gasteiger partial charge >= 0.3 is 6.03 Å². The van der Waals surface area contributed by atoms with Crippen LogP contribution in [0, 0.1) is 5.41 Å². The molecule has 0 aliphatic heterocycles. The molecule has 2 rings (SSSR count). The second-order valence-electron chi connectivity index (χ2n) is 7.12. The van der Waals surface area contributed by atoms with Crippen LogP contribution in [0.2, 0.25) is 10.3 Å². The number of urea groups is 1. The van der Waals surface area contributed by atoms with Crippen LogP contribution in [0.3, 0.4) is 0 Å². The van der Waals surface area contributed by atoms with Gasteiger partial charge < -0.3 is 21.1 Å². The maximum atomic E-state index is 12.6. The zero-order valence-corrected chi connectivity index (χ0v) is 19.4. The summed E-state index contributed by atoms with van der Waals surface area (Å²) in [5, 5.41) is 25.0. The van der Waals surface area contributed by atoms with Gasteiger partial charge in [0.05, 0.1) is 0 Å². The van der Waals surface area contributed by atoms with E-state index >= 15 is 0 Å². The monoisotopic (exact) mass is 467 g/mol. The van der Waals surface area contributed by atoms with Crippen LogP contribution in [0.15, 0.2) is 18.2 Å². The number of anilines is 3. The van der Waals surface area contributed by atoms with Gasteiger partial charge in [0.25, 0.3) is 0 Å². The van der Waals surface area contributed by atoms with E-state index in [1.807, 2.05) is 19.9 Å². The minimum Gasteiger partial charge on any atom is -0.396 e. The zero-order valence-electron chi connectivity index (χ0n) is 17.9. The average molecular weight is 468 g/mol. The van der Waals surface area contributed by atoms with Crippen LogP contribution in [0.25, 0.3) is 0 Å². The first-order valence-corrected chi connectivity index (χ1v) is 10.5. The molecule has 2 amide bonds. The summed E-state index contributed by atoms with van der Waals surface area (Å²) >= 11 is 11.8. The Morgan fingerprint density at radius 1 is 1.23 bits per heavy atom. The van der Waals surface area contributed by atoms with Crippen molar-refractivity contribution in [1.29, 1.82) is 5.41 Å². The number of aliphatic hydroxyl groups excluding tert-OH is 1. The van der Waals surface area contributed by atoms with Crippen LogP contribution in [0.1, 0.15) is 44.2 Å². The van der Waals surface area contributed by atoms with Crippen molar-refractivity contribution in [2.45, 2.75) is 33.1 Å². The van der Waals surface area contributed by atoms with Crippen molar-refractivity contribution < 1.29 is 9.90 Å². The van der Waals surface area contributed by atoms with E-state index in [0.29, 0.717) is 36.0 Å². The maximum Gasteiger partial charge on any atom is 0.338 e. The average Bonchev–Trinajstić information content (AvgIpc) is 2.68. The molecule has 0 fully saturated rings. The van der Waals surface area contributed by atoms with Crippen LogP contribution in [-0.2, 0) is 0 Å². The number of nitrogens with zero attached hydrogens (tertiary/aromatic N) is 3. The third-order valence-corrected chi connectivity index (χ3v) is 4.73. The van der Waals surface area contributed by atoms with Gasteiger partial charge in [0, 0.05) is 37.2 Å². The minimum atomic E-state index is -0.539. The summed E-state index contributed by atoms with van der Waals surface area (Å²) in [7, 11) is 1.73. The number of aliphatic hydroxyl groups is 1. The highest BCUT2D eigenvalue weighted by atomic mass is 35.5. The number of hydrogen-bond acceptors (Lipinski definition) is 7. The van der Waals surface area contributed by atoms with E-state index in [0.717, 1.165) is 11.1 Å². The number of amides is 2. The van der Waals surface area contributed by atoms with E-state index in [-0.39, 0.29) is 22.8 Å². The fourth-order valence-electron chi connectivity index (χ4n) is 2.99. The highest BCUT2D eigenvalue weighted by molar-refractivity contribution is 6.33. The fraction of sp³-hybridized carbons (Fsp3) is 0.400. The summed E-state index contributed by atoms with van der Waals surface area (Å²) < 4.78 is 0. The molecular formula is C20H27Cl2N7O2. The Morgan fingerprint density at radius 2 is 1.87 bits per heavy atom. The standard InChI is InChI=1S/C20H27Cl2N7O2/c1-11(2)14-10-17(27-19(24-4)18(14)12(3)23)29(6-5-7-30)28-20(31)25-13-8-15(21)26-16(22)9-13/h8-11,23,30H,5-7H2,1-4H3,(H,24,27)(H2,25,26,28,31). The molecule has 5 N–H and O–H groups in total.